The first-order valence-corrected chi connectivity index (χ1v) is 8.53. The minimum Gasteiger partial charge on any atom is -0.486 e. The van der Waals surface area contributed by atoms with E-state index in [0.717, 1.165) is 12.1 Å². The van der Waals surface area contributed by atoms with Crippen molar-refractivity contribution in [3.05, 3.63) is 53.6 Å². The molecule has 2 aromatic carbocycles. The van der Waals surface area contributed by atoms with Gasteiger partial charge >= 0.3 is 0 Å². The number of carbonyl (C=O) groups excluding carboxylic acids is 2. The van der Waals surface area contributed by atoms with E-state index in [0.29, 0.717) is 36.8 Å². The summed E-state index contributed by atoms with van der Waals surface area (Å²) >= 11 is 0. The molecule has 25 heavy (non-hydrogen) atoms. The number of nitrogens with zero attached hydrogens (tertiary/aromatic N) is 1. The number of ether oxygens (including phenoxy) is 2. The highest BCUT2D eigenvalue weighted by atomic mass is 16.6. The van der Waals surface area contributed by atoms with Crippen LogP contribution in [0.15, 0.2) is 42.5 Å². The molecule has 0 N–H and O–H groups in total. The molecule has 2 heterocycles. The zero-order valence-electron chi connectivity index (χ0n) is 13.9. The molecule has 0 aromatic heterocycles. The average Bonchev–Trinajstić information content (AvgIpc) is 3.09. The molecule has 0 spiro atoms. The average molecular weight is 337 g/mol. The zero-order valence-corrected chi connectivity index (χ0v) is 13.9. The lowest BCUT2D eigenvalue weighted by molar-refractivity contribution is -0.118. The number of hydrogen-bond acceptors (Lipinski definition) is 4. The molecule has 4 rings (SSSR count). The van der Waals surface area contributed by atoms with Crippen LogP contribution >= 0.6 is 0 Å². The van der Waals surface area contributed by atoms with Crippen LogP contribution in [0.4, 0.5) is 5.69 Å². The van der Waals surface area contributed by atoms with Crippen molar-refractivity contribution in [2.75, 3.05) is 24.7 Å². The molecule has 128 valence electrons. The summed E-state index contributed by atoms with van der Waals surface area (Å²) < 4.78 is 11.0. The van der Waals surface area contributed by atoms with Gasteiger partial charge in [-0.15, -0.1) is 0 Å². The quantitative estimate of drug-likeness (QED) is 0.805. The Morgan fingerprint density at radius 1 is 0.960 bits per heavy atom. The van der Waals surface area contributed by atoms with E-state index < -0.39 is 0 Å². The third-order valence-corrected chi connectivity index (χ3v) is 4.62. The second-order valence-corrected chi connectivity index (χ2v) is 6.21. The number of ketones is 1. The largest absolute Gasteiger partial charge is 0.486 e. The van der Waals surface area contributed by atoms with Crippen LogP contribution in [0.2, 0.25) is 0 Å². The topological polar surface area (TPSA) is 55.8 Å². The lowest BCUT2D eigenvalue weighted by Gasteiger charge is -2.19. The maximum absolute atomic E-state index is 12.5. The summed E-state index contributed by atoms with van der Waals surface area (Å²) in [6.07, 6.45) is 1.27. The van der Waals surface area contributed by atoms with Crippen LogP contribution in [-0.2, 0) is 11.2 Å². The van der Waals surface area contributed by atoms with Gasteiger partial charge in [0.15, 0.2) is 17.3 Å². The molecule has 0 saturated heterocycles. The number of fused-ring (bicyclic) bond motifs is 2. The van der Waals surface area contributed by atoms with Crippen LogP contribution in [-0.4, -0.2) is 31.4 Å². The Morgan fingerprint density at radius 3 is 2.64 bits per heavy atom. The first kappa shape index (κ1) is 15.7. The summed E-state index contributed by atoms with van der Waals surface area (Å²) in [4.78, 5) is 26.7. The van der Waals surface area contributed by atoms with Crippen LogP contribution in [0.5, 0.6) is 11.5 Å². The van der Waals surface area contributed by atoms with E-state index in [9.17, 15) is 9.59 Å². The van der Waals surface area contributed by atoms with Crippen molar-refractivity contribution < 1.29 is 19.1 Å². The molecular formula is C20H19NO4. The highest BCUT2D eigenvalue weighted by molar-refractivity contribution is 6.01. The van der Waals surface area contributed by atoms with E-state index >= 15 is 0 Å². The van der Waals surface area contributed by atoms with E-state index in [1.807, 2.05) is 24.3 Å². The van der Waals surface area contributed by atoms with Crippen LogP contribution in [0, 0.1) is 0 Å². The van der Waals surface area contributed by atoms with Crippen LogP contribution < -0.4 is 14.4 Å². The van der Waals surface area contributed by atoms with Gasteiger partial charge in [0.1, 0.15) is 13.2 Å². The summed E-state index contributed by atoms with van der Waals surface area (Å²) in [7, 11) is 0. The Balaban J connectivity index is 1.40. The fraction of sp³-hybridized carbons (Fsp3) is 0.300. The van der Waals surface area contributed by atoms with E-state index in [4.69, 9.17) is 9.47 Å². The summed E-state index contributed by atoms with van der Waals surface area (Å²) in [5.74, 6) is 1.19. The van der Waals surface area contributed by atoms with Gasteiger partial charge in [0.2, 0.25) is 5.91 Å². The Bertz CT molecular complexity index is 830. The van der Waals surface area contributed by atoms with Gasteiger partial charge in [0.25, 0.3) is 0 Å². The summed E-state index contributed by atoms with van der Waals surface area (Å²) in [5, 5.41) is 0. The van der Waals surface area contributed by atoms with E-state index in [-0.39, 0.29) is 24.5 Å². The molecule has 5 nitrogen and oxygen atoms in total. The van der Waals surface area contributed by atoms with Crippen molar-refractivity contribution in [3.63, 3.8) is 0 Å². The summed E-state index contributed by atoms with van der Waals surface area (Å²) in [6, 6.07) is 13.1. The molecule has 0 saturated carbocycles. The van der Waals surface area contributed by atoms with Gasteiger partial charge in [-0.2, -0.15) is 0 Å². The van der Waals surface area contributed by atoms with Crippen molar-refractivity contribution in [2.45, 2.75) is 19.3 Å². The molecule has 0 radical (unpaired) electrons. The van der Waals surface area contributed by atoms with Gasteiger partial charge in [-0.3, -0.25) is 9.59 Å². The number of Topliss-reactive ketones (excluding diaryl/α,β-unsaturated/α-hetero) is 1. The van der Waals surface area contributed by atoms with Gasteiger partial charge in [0, 0.05) is 30.6 Å². The molecular weight excluding hydrogens is 318 g/mol. The predicted octanol–water partition coefficient (Wildman–Crippen LogP) is 3.01. The zero-order chi connectivity index (χ0) is 17.2. The normalized spacial score (nSPS) is 15.0. The minimum absolute atomic E-state index is 0.00385. The van der Waals surface area contributed by atoms with Gasteiger partial charge in [-0.1, -0.05) is 18.2 Å². The number of rotatable bonds is 4. The van der Waals surface area contributed by atoms with Crippen molar-refractivity contribution in [3.8, 4) is 11.5 Å². The van der Waals surface area contributed by atoms with Crippen molar-refractivity contribution in [2.24, 2.45) is 0 Å². The van der Waals surface area contributed by atoms with Gasteiger partial charge < -0.3 is 14.4 Å². The molecule has 0 fully saturated rings. The third-order valence-electron chi connectivity index (χ3n) is 4.62. The van der Waals surface area contributed by atoms with Crippen LogP contribution in [0.3, 0.4) is 0 Å². The lowest BCUT2D eigenvalue weighted by Crippen LogP contribution is -2.29. The number of amides is 1. The number of para-hydroxylation sites is 1. The Labute approximate surface area is 146 Å². The Morgan fingerprint density at radius 2 is 1.76 bits per heavy atom. The van der Waals surface area contributed by atoms with E-state index in [1.165, 1.54) is 5.56 Å². The fourth-order valence-electron chi connectivity index (χ4n) is 3.31. The van der Waals surface area contributed by atoms with Crippen LogP contribution in [0.1, 0.15) is 28.8 Å². The maximum atomic E-state index is 12.5. The molecule has 2 aliphatic rings. The van der Waals surface area contributed by atoms with Crippen molar-refractivity contribution in [1.82, 2.24) is 0 Å². The lowest BCUT2D eigenvalue weighted by atomic mass is 10.1. The summed E-state index contributed by atoms with van der Waals surface area (Å²) in [6.45, 7) is 1.69. The first-order valence-electron chi connectivity index (χ1n) is 8.53. The number of hydrogen-bond donors (Lipinski definition) is 0. The number of anilines is 1. The molecule has 5 heteroatoms. The van der Waals surface area contributed by atoms with E-state index in [2.05, 4.69) is 0 Å². The van der Waals surface area contributed by atoms with Crippen molar-refractivity contribution in [1.29, 1.82) is 0 Å². The Hall–Kier alpha value is -2.82. The smallest absolute Gasteiger partial charge is 0.227 e. The third kappa shape index (κ3) is 3.09. The maximum Gasteiger partial charge on any atom is 0.227 e. The highest BCUT2D eigenvalue weighted by Crippen LogP contribution is 2.31. The number of carbonyl (C=O) groups is 2. The first-order chi connectivity index (χ1) is 12.2. The molecule has 2 aliphatic heterocycles. The molecule has 0 bridgehead atoms. The minimum atomic E-state index is -0.0576. The van der Waals surface area contributed by atoms with Crippen LogP contribution in [0.25, 0.3) is 0 Å². The summed E-state index contributed by atoms with van der Waals surface area (Å²) in [5.41, 5.74) is 2.71. The van der Waals surface area contributed by atoms with Gasteiger partial charge in [-0.25, -0.2) is 0 Å². The molecule has 0 atom stereocenters. The molecule has 0 unspecified atom stereocenters. The van der Waals surface area contributed by atoms with E-state index in [1.54, 1.807) is 23.1 Å². The SMILES string of the molecule is O=C(CCC(=O)N1CCc2ccccc21)c1ccc2c(c1)OCCO2. The molecule has 1 amide bonds. The number of benzene rings is 2. The second kappa shape index (κ2) is 6.59. The fourth-order valence-corrected chi connectivity index (χ4v) is 3.31. The van der Waals surface area contributed by atoms with Crippen molar-refractivity contribution >= 4 is 17.4 Å². The van der Waals surface area contributed by atoms with Gasteiger partial charge in [-0.05, 0) is 36.2 Å². The Kier molecular flexibility index (Phi) is 4.14. The monoisotopic (exact) mass is 337 g/mol. The molecule has 2 aromatic rings. The predicted molar refractivity (Wildman–Crippen MR) is 93.5 cm³/mol. The highest BCUT2D eigenvalue weighted by Gasteiger charge is 2.24. The second-order valence-electron chi connectivity index (χ2n) is 6.21. The standard InChI is InChI=1S/C20H19NO4/c22-17(15-5-7-18-19(13-15)25-12-11-24-18)6-8-20(23)21-10-9-14-3-1-2-4-16(14)21/h1-5,7,13H,6,8-12H2. The van der Waals surface area contributed by atoms with Gasteiger partial charge in [0.05, 0.1) is 0 Å². The molecule has 0 aliphatic carbocycles.